The van der Waals surface area contributed by atoms with Crippen molar-refractivity contribution in [1.82, 2.24) is 0 Å². The minimum absolute atomic E-state index is 0.701. The quantitative estimate of drug-likeness (QED) is 0.709. The molecule has 2 aliphatic heterocycles. The molecule has 2 aliphatic rings. The van der Waals surface area contributed by atoms with E-state index in [1.54, 1.807) is 17.6 Å². The summed E-state index contributed by atoms with van der Waals surface area (Å²) in [6.45, 7) is 5.05. The summed E-state index contributed by atoms with van der Waals surface area (Å²) in [6, 6.07) is 7.32. The lowest BCUT2D eigenvalue weighted by Gasteiger charge is -2.28. The maximum absolute atomic E-state index is 5.32. The normalized spacial score (nSPS) is 24.6. The third-order valence-corrected chi connectivity index (χ3v) is 4.23. The fraction of sp³-hybridized carbons (Fsp3) is 0.571. The molecule has 92 valence electrons. The second-order valence-corrected chi connectivity index (χ2v) is 5.21. The van der Waals surface area contributed by atoms with Gasteiger partial charge < -0.3 is 15.0 Å². The second-order valence-electron chi connectivity index (χ2n) is 5.21. The van der Waals surface area contributed by atoms with Crippen molar-refractivity contribution in [2.24, 2.45) is 0 Å². The Bertz CT molecular complexity index is 399. The predicted octanol–water partition coefficient (Wildman–Crippen LogP) is -0.508. The molecule has 0 amide bonds. The first-order valence-corrected chi connectivity index (χ1v) is 6.71. The van der Waals surface area contributed by atoms with Crippen LogP contribution in [-0.2, 0) is 6.54 Å². The number of ether oxygens (including phenoxy) is 1. The number of fused-ring (bicyclic) bond motifs is 1. The van der Waals surface area contributed by atoms with Crippen LogP contribution in [0.15, 0.2) is 18.2 Å². The van der Waals surface area contributed by atoms with Gasteiger partial charge in [-0.2, -0.15) is 0 Å². The summed E-state index contributed by atoms with van der Waals surface area (Å²) in [5.74, 6) is 0.995. The zero-order valence-corrected chi connectivity index (χ0v) is 10.5. The maximum Gasteiger partial charge on any atom is 0.163 e. The molecule has 0 aromatic heterocycles. The van der Waals surface area contributed by atoms with Crippen LogP contribution in [0.1, 0.15) is 30.0 Å². The topological polar surface area (TPSA) is 30.3 Å². The van der Waals surface area contributed by atoms with Gasteiger partial charge in [0.15, 0.2) is 6.04 Å². The van der Waals surface area contributed by atoms with Gasteiger partial charge >= 0.3 is 0 Å². The van der Waals surface area contributed by atoms with Crippen molar-refractivity contribution >= 4 is 0 Å². The second kappa shape index (κ2) is 4.67. The van der Waals surface area contributed by atoms with Crippen LogP contribution in [0.4, 0.5) is 0 Å². The molecule has 17 heavy (non-hydrogen) atoms. The Labute approximate surface area is 103 Å². The molecule has 0 unspecified atom stereocenters. The van der Waals surface area contributed by atoms with Crippen molar-refractivity contribution < 1.29 is 15.0 Å². The molecule has 1 fully saturated rings. The number of likely N-dealkylation sites (tertiary alicyclic amines) is 1. The highest BCUT2D eigenvalue weighted by atomic mass is 16.5. The molecule has 1 saturated heterocycles. The van der Waals surface area contributed by atoms with Crippen molar-refractivity contribution in [3.05, 3.63) is 29.3 Å². The van der Waals surface area contributed by atoms with Gasteiger partial charge in [-0.1, -0.05) is 0 Å². The van der Waals surface area contributed by atoms with Gasteiger partial charge in [0, 0.05) is 24.0 Å². The molecule has 3 nitrogen and oxygen atoms in total. The molecule has 0 radical (unpaired) electrons. The minimum atomic E-state index is 0.701. The zero-order valence-electron chi connectivity index (χ0n) is 10.5. The number of quaternary nitrogens is 2. The Morgan fingerprint density at radius 1 is 1.29 bits per heavy atom. The SMILES string of the molecule is COc1ccc2c(c1)C[NH2+]C[C@H]2[NH+]1CCCC1. The van der Waals surface area contributed by atoms with Crippen LogP contribution >= 0.6 is 0 Å². The summed E-state index contributed by atoms with van der Waals surface area (Å²) >= 11 is 0. The highest BCUT2D eigenvalue weighted by Crippen LogP contribution is 2.23. The van der Waals surface area contributed by atoms with Crippen LogP contribution in [-0.4, -0.2) is 26.7 Å². The summed E-state index contributed by atoms with van der Waals surface area (Å²) in [5, 5.41) is 2.44. The summed E-state index contributed by atoms with van der Waals surface area (Å²) in [5.41, 5.74) is 3.03. The van der Waals surface area contributed by atoms with Gasteiger partial charge in [-0.05, 0) is 18.2 Å². The lowest BCUT2D eigenvalue weighted by atomic mass is 9.95. The summed E-state index contributed by atoms with van der Waals surface area (Å²) in [4.78, 5) is 1.78. The number of methoxy groups -OCH3 is 1. The smallest absolute Gasteiger partial charge is 0.163 e. The van der Waals surface area contributed by atoms with Crippen LogP contribution in [0.5, 0.6) is 5.75 Å². The number of hydrogen-bond donors (Lipinski definition) is 2. The third-order valence-electron chi connectivity index (χ3n) is 4.23. The minimum Gasteiger partial charge on any atom is -0.497 e. The molecule has 0 bridgehead atoms. The Balaban J connectivity index is 1.90. The van der Waals surface area contributed by atoms with Gasteiger partial charge in [0.2, 0.25) is 0 Å². The number of benzene rings is 1. The van der Waals surface area contributed by atoms with Crippen LogP contribution in [0.25, 0.3) is 0 Å². The Morgan fingerprint density at radius 2 is 2.12 bits per heavy atom. The number of rotatable bonds is 2. The van der Waals surface area contributed by atoms with E-state index < -0.39 is 0 Å². The van der Waals surface area contributed by atoms with Crippen molar-refractivity contribution in [3.8, 4) is 5.75 Å². The first-order valence-electron chi connectivity index (χ1n) is 6.71. The van der Waals surface area contributed by atoms with E-state index in [1.165, 1.54) is 38.0 Å². The number of hydrogen-bond acceptors (Lipinski definition) is 1. The molecular weight excluding hydrogens is 212 g/mol. The molecule has 2 heterocycles. The van der Waals surface area contributed by atoms with E-state index in [-0.39, 0.29) is 0 Å². The Morgan fingerprint density at radius 3 is 2.88 bits per heavy atom. The van der Waals surface area contributed by atoms with Gasteiger partial charge in [-0.15, -0.1) is 0 Å². The first kappa shape index (κ1) is 11.1. The standard InChI is InChI=1S/C14H20N2O/c1-17-12-4-5-13-11(8-12)9-15-10-14(13)16-6-2-3-7-16/h4-5,8,14-15H,2-3,6-7,9-10H2,1H3/p+2/t14-/m1/s1. The summed E-state index contributed by atoms with van der Waals surface area (Å²) in [7, 11) is 1.75. The molecule has 0 aliphatic carbocycles. The third kappa shape index (κ3) is 2.05. The average molecular weight is 234 g/mol. The molecule has 1 aromatic carbocycles. The van der Waals surface area contributed by atoms with Crippen LogP contribution in [0, 0.1) is 0 Å². The zero-order chi connectivity index (χ0) is 11.7. The van der Waals surface area contributed by atoms with Crippen LogP contribution in [0.3, 0.4) is 0 Å². The lowest BCUT2D eigenvalue weighted by molar-refractivity contribution is -0.937. The largest absolute Gasteiger partial charge is 0.497 e. The molecule has 0 spiro atoms. The molecule has 3 heteroatoms. The van der Waals surface area contributed by atoms with Crippen molar-refractivity contribution in [2.45, 2.75) is 25.4 Å². The molecule has 1 aromatic rings. The van der Waals surface area contributed by atoms with Crippen molar-refractivity contribution in [1.29, 1.82) is 0 Å². The lowest BCUT2D eigenvalue weighted by Crippen LogP contribution is -3.13. The fourth-order valence-electron chi connectivity index (χ4n) is 3.32. The van der Waals surface area contributed by atoms with E-state index in [0.717, 1.165) is 12.3 Å². The van der Waals surface area contributed by atoms with Gasteiger partial charge in [0.1, 0.15) is 18.8 Å². The van der Waals surface area contributed by atoms with Gasteiger partial charge in [0.25, 0.3) is 0 Å². The van der Waals surface area contributed by atoms with E-state index in [9.17, 15) is 0 Å². The van der Waals surface area contributed by atoms with E-state index >= 15 is 0 Å². The first-order chi connectivity index (χ1) is 8.38. The summed E-state index contributed by atoms with van der Waals surface area (Å²) < 4.78 is 5.32. The van der Waals surface area contributed by atoms with Crippen LogP contribution in [0.2, 0.25) is 0 Å². The highest BCUT2D eigenvalue weighted by Gasteiger charge is 2.33. The van der Waals surface area contributed by atoms with E-state index in [1.807, 2.05) is 0 Å². The predicted molar refractivity (Wildman–Crippen MR) is 66.2 cm³/mol. The van der Waals surface area contributed by atoms with E-state index in [0.29, 0.717) is 6.04 Å². The van der Waals surface area contributed by atoms with Crippen molar-refractivity contribution in [2.75, 3.05) is 26.7 Å². The summed E-state index contributed by atoms with van der Waals surface area (Å²) in [6.07, 6.45) is 2.80. The van der Waals surface area contributed by atoms with Gasteiger partial charge in [0.05, 0.1) is 20.2 Å². The van der Waals surface area contributed by atoms with E-state index in [2.05, 4.69) is 23.5 Å². The van der Waals surface area contributed by atoms with Crippen molar-refractivity contribution in [3.63, 3.8) is 0 Å². The molecule has 3 rings (SSSR count). The maximum atomic E-state index is 5.32. The highest BCUT2D eigenvalue weighted by molar-refractivity contribution is 5.37. The van der Waals surface area contributed by atoms with Gasteiger partial charge in [-0.3, -0.25) is 0 Å². The fourth-order valence-corrected chi connectivity index (χ4v) is 3.32. The Kier molecular flexibility index (Phi) is 3.04. The van der Waals surface area contributed by atoms with Crippen LogP contribution < -0.4 is 15.0 Å². The monoisotopic (exact) mass is 234 g/mol. The van der Waals surface area contributed by atoms with E-state index in [4.69, 9.17) is 4.74 Å². The number of nitrogens with one attached hydrogen (secondary N) is 1. The number of nitrogens with two attached hydrogens (primary N) is 1. The average Bonchev–Trinajstić information content (AvgIpc) is 2.91. The molecule has 1 atom stereocenters. The van der Waals surface area contributed by atoms with Gasteiger partial charge in [-0.25, -0.2) is 0 Å². The Hall–Kier alpha value is -1.06. The molecule has 3 N–H and O–H groups in total. The molecular formula is C14H22N2O+2. The molecule has 0 saturated carbocycles.